The average Bonchev–Trinajstić information content (AvgIpc) is 3.30. The molecule has 1 saturated carbocycles. The van der Waals surface area contributed by atoms with E-state index in [0.717, 1.165) is 34.0 Å². The van der Waals surface area contributed by atoms with Gasteiger partial charge in [-0.3, -0.25) is 0 Å². The fourth-order valence-electron chi connectivity index (χ4n) is 3.07. The molecular formula is C19H27IN4S2. The van der Waals surface area contributed by atoms with Gasteiger partial charge in [-0.1, -0.05) is 30.3 Å². The second-order valence-electron chi connectivity index (χ2n) is 6.20. The molecule has 2 N–H and O–H groups in total. The van der Waals surface area contributed by atoms with Gasteiger partial charge in [0.1, 0.15) is 5.01 Å². The van der Waals surface area contributed by atoms with Crippen LogP contribution in [0.4, 0.5) is 0 Å². The summed E-state index contributed by atoms with van der Waals surface area (Å²) in [7, 11) is 0. The van der Waals surface area contributed by atoms with Crippen LogP contribution in [0.15, 0.2) is 40.7 Å². The maximum absolute atomic E-state index is 4.74. The predicted molar refractivity (Wildman–Crippen MR) is 126 cm³/mol. The monoisotopic (exact) mass is 502 g/mol. The van der Waals surface area contributed by atoms with Gasteiger partial charge >= 0.3 is 0 Å². The Morgan fingerprint density at radius 2 is 2.12 bits per heavy atom. The highest BCUT2D eigenvalue weighted by Crippen LogP contribution is 2.28. The van der Waals surface area contributed by atoms with E-state index < -0.39 is 0 Å². The molecule has 142 valence electrons. The van der Waals surface area contributed by atoms with Crippen molar-refractivity contribution in [1.29, 1.82) is 0 Å². The van der Waals surface area contributed by atoms with Crippen LogP contribution in [0.25, 0.3) is 11.3 Å². The van der Waals surface area contributed by atoms with Gasteiger partial charge in [-0.25, -0.2) is 9.98 Å². The molecule has 0 amide bonds. The lowest BCUT2D eigenvalue weighted by Gasteiger charge is -2.17. The molecule has 2 unspecified atom stereocenters. The molecule has 1 fully saturated rings. The number of halogens is 1. The molecule has 1 aromatic heterocycles. The van der Waals surface area contributed by atoms with Gasteiger partial charge in [0.25, 0.3) is 0 Å². The van der Waals surface area contributed by atoms with Crippen LogP contribution >= 0.6 is 47.1 Å². The molecule has 26 heavy (non-hydrogen) atoms. The Bertz CT molecular complexity index is 690. The second kappa shape index (κ2) is 11.1. The maximum atomic E-state index is 4.74. The molecule has 7 heteroatoms. The first-order chi connectivity index (χ1) is 12.3. The van der Waals surface area contributed by atoms with E-state index in [4.69, 9.17) is 9.98 Å². The molecule has 3 rings (SSSR count). The highest BCUT2D eigenvalue weighted by atomic mass is 127. The standard InChI is InChI=1S/C19H26N4S2.HI/c1-3-20-19(22-15-9-10-16(11-15)24-2)21-12-18-23-17(13-25-18)14-7-5-4-6-8-14;/h4-8,13,15-16H,3,9-12H2,1-2H3,(H2,20,21,22);1H. The van der Waals surface area contributed by atoms with Gasteiger partial charge in [0.15, 0.2) is 5.96 Å². The fourth-order valence-corrected chi connectivity index (χ4v) is 4.59. The number of nitrogens with one attached hydrogen (secondary N) is 2. The van der Waals surface area contributed by atoms with Crippen molar-refractivity contribution < 1.29 is 0 Å². The topological polar surface area (TPSA) is 49.3 Å². The quantitative estimate of drug-likeness (QED) is 0.340. The van der Waals surface area contributed by atoms with Crippen LogP contribution in [-0.2, 0) is 6.54 Å². The third-order valence-corrected chi connectivity index (χ3v) is 6.33. The molecule has 0 spiro atoms. The Morgan fingerprint density at radius 1 is 1.31 bits per heavy atom. The van der Waals surface area contributed by atoms with Crippen molar-refractivity contribution in [2.75, 3.05) is 12.8 Å². The SMILES string of the molecule is CCNC(=NCc1nc(-c2ccccc2)cs1)NC1CCC(SC)C1.I. The molecule has 1 aliphatic rings. The van der Waals surface area contributed by atoms with E-state index in [1.807, 2.05) is 30.0 Å². The zero-order valence-corrected chi connectivity index (χ0v) is 19.2. The number of benzene rings is 1. The van der Waals surface area contributed by atoms with Crippen LogP contribution in [0, 0.1) is 0 Å². The molecule has 2 atom stereocenters. The number of aliphatic imine (C=N–C) groups is 1. The maximum Gasteiger partial charge on any atom is 0.191 e. The third kappa shape index (κ3) is 6.13. The Kier molecular flexibility index (Phi) is 9.21. The van der Waals surface area contributed by atoms with Gasteiger partial charge in [-0.15, -0.1) is 35.3 Å². The minimum atomic E-state index is 0. The van der Waals surface area contributed by atoms with E-state index >= 15 is 0 Å². The minimum Gasteiger partial charge on any atom is -0.357 e. The molecule has 0 saturated heterocycles. The first-order valence-electron chi connectivity index (χ1n) is 8.86. The van der Waals surface area contributed by atoms with Crippen molar-refractivity contribution in [2.24, 2.45) is 4.99 Å². The highest BCUT2D eigenvalue weighted by molar-refractivity contribution is 14.0. The third-order valence-electron chi connectivity index (χ3n) is 4.40. The number of hydrogen-bond acceptors (Lipinski definition) is 4. The van der Waals surface area contributed by atoms with Gasteiger partial charge in [0.05, 0.1) is 12.2 Å². The predicted octanol–water partition coefficient (Wildman–Crippen LogP) is 4.77. The number of thioether (sulfide) groups is 1. The van der Waals surface area contributed by atoms with Crippen molar-refractivity contribution in [3.8, 4) is 11.3 Å². The molecular weight excluding hydrogens is 475 g/mol. The van der Waals surface area contributed by atoms with Crippen molar-refractivity contribution in [3.05, 3.63) is 40.7 Å². The highest BCUT2D eigenvalue weighted by Gasteiger charge is 2.24. The Morgan fingerprint density at radius 3 is 2.81 bits per heavy atom. The first kappa shape index (κ1) is 21.5. The molecule has 0 bridgehead atoms. The lowest BCUT2D eigenvalue weighted by Crippen LogP contribution is -2.42. The molecule has 1 aromatic carbocycles. The number of nitrogens with zero attached hydrogens (tertiary/aromatic N) is 2. The van der Waals surface area contributed by atoms with E-state index in [1.165, 1.54) is 19.3 Å². The zero-order valence-electron chi connectivity index (χ0n) is 15.3. The number of aromatic nitrogens is 1. The summed E-state index contributed by atoms with van der Waals surface area (Å²) in [5.41, 5.74) is 2.19. The molecule has 0 aliphatic heterocycles. The molecule has 4 nitrogen and oxygen atoms in total. The lowest BCUT2D eigenvalue weighted by atomic mass is 10.2. The number of hydrogen-bond donors (Lipinski definition) is 2. The van der Waals surface area contributed by atoms with Crippen molar-refractivity contribution in [2.45, 2.75) is 44.0 Å². The number of thiazole rings is 1. The smallest absolute Gasteiger partial charge is 0.191 e. The summed E-state index contributed by atoms with van der Waals surface area (Å²) in [6.07, 6.45) is 5.95. The summed E-state index contributed by atoms with van der Waals surface area (Å²) in [5, 5.41) is 10.9. The van der Waals surface area contributed by atoms with Crippen molar-refractivity contribution in [1.82, 2.24) is 15.6 Å². The summed E-state index contributed by atoms with van der Waals surface area (Å²) in [6.45, 7) is 3.59. The summed E-state index contributed by atoms with van der Waals surface area (Å²) < 4.78 is 0. The van der Waals surface area contributed by atoms with E-state index in [-0.39, 0.29) is 24.0 Å². The molecule has 1 aliphatic carbocycles. The van der Waals surface area contributed by atoms with Crippen LogP contribution in [0.3, 0.4) is 0 Å². The van der Waals surface area contributed by atoms with E-state index in [2.05, 4.69) is 41.3 Å². The summed E-state index contributed by atoms with van der Waals surface area (Å²) in [6, 6.07) is 10.8. The van der Waals surface area contributed by atoms with Crippen LogP contribution < -0.4 is 10.6 Å². The number of guanidine groups is 1. The van der Waals surface area contributed by atoms with Gasteiger partial charge in [0.2, 0.25) is 0 Å². The second-order valence-corrected chi connectivity index (χ2v) is 8.28. The fraction of sp³-hybridized carbons (Fsp3) is 0.474. The molecule has 2 aromatic rings. The largest absolute Gasteiger partial charge is 0.357 e. The van der Waals surface area contributed by atoms with Crippen LogP contribution in [0.2, 0.25) is 0 Å². The van der Waals surface area contributed by atoms with Crippen LogP contribution in [0.5, 0.6) is 0 Å². The Hall–Kier alpha value is -0.800. The van der Waals surface area contributed by atoms with Crippen molar-refractivity contribution >= 4 is 53.0 Å². The molecule has 0 radical (unpaired) electrons. The van der Waals surface area contributed by atoms with Gasteiger partial charge in [-0.2, -0.15) is 11.8 Å². The summed E-state index contributed by atoms with van der Waals surface area (Å²) in [4.78, 5) is 9.46. The van der Waals surface area contributed by atoms with Crippen LogP contribution in [0.1, 0.15) is 31.2 Å². The van der Waals surface area contributed by atoms with Crippen LogP contribution in [-0.4, -0.2) is 35.0 Å². The lowest BCUT2D eigenvalue weighted by molar-refractivity contribution is 0.615. The zero-order chi connectivity index (χ0) is 17.5. The van der Waals surface area contributed by atoms with Gasteiger partial charge < -0.3 is 10.6 Å². The van der Waals surface area contributed by atoms with E-state index in [0.29, 0.717) is 12.6 Å². The summed E-state index contributed by atoms with van der Waals surface area (Å²) >= 11 is 3.65. The minimum absolute atomic E-state index is 0. The van der Waals surface area contributed by atoms with Gasteiger partial charge in [-0.05, 0) is 32.4 Å². The normalized spacial score (nSPS) is 19.8. The Balaban J connectivity index is 0.00000243. The Labute approximate surface area is 181 Å². The van der Waals surface area contributed by atoms with E-state index in [1.54, 1.807) is 11.3 Å². The van der Waals surface area contributed by atoms with Crippen molar-refractivity contribution in [3.63, 3.8) is 0 Å². The average molecular weight is 502 g/mol. The summed E-state index contributed by atoms with van der Waals surface area (Å²) in [5.74, 6) is 0.908. The first-order valence-corrected chi connectivity index (χ1v) is 11.0. The number of rotatable bonds is 6. The van der Waals surface area contributed by atoms with E-state index in [9.17, 15) is 0 Å². The van der Waals surface area contributed by atoms with Gasteiger partial charge in [0, 0.05) is 28.8 Å². The molecule has 1 heterocycles.